The van der Waals surface area contributed by atoms with Crippen molar-refractivity contribution in [3.63, 3.8) is 0 Å². The van der Waals surface area contributed by atoms with E-state index in [1.54, 1.807) is 4.68 Å². The highest BCUT2D eigenvalue weighted by molar-refractivity contribution is 5.28. The monoisotopic (exact) mass is 226 g/mol. The largest absolute Gasteiger partial charge is 0.244 e. The lowest BCUT2D eigenvalue weighted by Crippen LogP contribution is -2.07. The van der Waals surface area contributed by atoms with E-state index in [0.717, 1.165) is 12.1 Å². The number of aryl methyl sites for hydroxylation is 1. The van der Waals surface area contributed by atoms with Crippen LogP contribution in [-0.4, -0.2) is 15.0 Å². The predicted octanol–water partition coefficient (Wildman–Crippen LogP) is 2.07. The van der Waals surface area contributed by atoms with Crippen molar-refractivity contribution in [2.45, 2.75) is 26.8 Å². The van der Waals surface area contributed by atoms with E-state index < -0.39 is 0 Å². The van der Waals surface area contributed by atoms with Crippen molar-refractivity contribution in [3.8, 4) is 6.07 Å². The van der Waals surface area contributed by atoms with Crippen LogP contribution in [0.1, 0.15) is 29.4 Å². The summed E-state index contributed by atoms with van der Waals surface area (Å²) in [6, 6.07) is 10.2. The van der Waals surface area contributed by atoms with E-state index in [1.807, 2.05) is 19.1 Å². The van der Waals surface area contributed by atoms with Crippen LogP contribution in [0, 0.1) is 18.3 Å². The summed E-state index contributed by atoms with van der Waals surface area (Å²) in [6.45, 7) is 4.75. The van der Waals surface area contributed by atoms with E-state index in [4.69, 9.17) is 5.26 Å². The van der Waals surface area contributed by atoms with E-state index in [9.17, 15) is 0 Å². The van der Waals surface area contributed by atoms with Gasteiger partial charge >= 0.3 is 0 Å². The molecule has 2 aromatic rings. The molecule has 1 aromatic carbocycles. The Morgan fingerprint density at radius 1 is 1.35 bits per heavy atom. The molecule has 0 bridgehead atoms. The molecule has 0 atom stereocenters. The van der Waals surface area contributed by atoms with E-state index >= 15 is 0 Å². The van der Waals surface area contributed by atoms with Gasteiger partial charge in [0.25, 0.3) is 0 Å². The maximum Gasteiger partial charge on any atom is 0.185 e. The summed E-state index contributed by atoms with van der Waals surface area (Å²) in [7, 11) is 0. The predicted molar refractivity (Wildman–Crippen MR) is 64.4 cm³/mol. The lowest BCUT2D eigenvalue weighted by atomic mass is 10.1. The molecule has 0 N–H and O–H groups in total. The molecule has 4 nitrogen and oxygen atoms in total. The van der Waals surface area contributed by atoms with Gasteiger partial charge < -0.3 is 0 Å². The van der Waals surface area contributed by atoms with Gasteiger partial charge in [-0.1, -0.05) is 36.4 Å². The van der Waals surface area contributed by atoms with E-state index in [-0.39, 0.29) is 0 Å². The standard InChI is InChI=1S/C13H14N4/c1-3-13-12(8-14)15-16-17(13)9-11-7-5-4-6-10(11)2/h4-7H,3,9H2,1-2H3. The van der Waals surface area contributed by atoms with Gasteiger partial charge in [-0.05, 0) is 24.5 Å². The molecule has 0 saturated heterocycles. The van der Waals surface area contributed by atoms with Crippen LogP contribution in [0.4, 0.5) is 0 Å². The zero-order valence-electron chi connectivity index (χ0n) is 10.0. The summed E-state index contributed by atoms with van der Waals surface area (Å²) in [5.74, 6) is 0. The Labute approximate surface area is 101 Å². The van der Waals surface area contributed by atoms with Crippen molar-refractivity contribution in [1.29, 1.82) is 5.26 Å². The minimum atomic E-state index is 0.432. The van der Waals surface area contributed by atoms with Crippen molar-refractivity contribution < 1.29 is 0 Å². The fourth-order valence-electron chi connectivity index (χ4n) is 1.85. The smallest absolute Gasteiger partial charge is 0.185 e. The van der Waals surface area contributed by atoms with Gasteiger partial charge in [0.1, 0.15) is 6.07 Å². The Hall–Kier alpha value is -2.15. The Morgan fingerprint density at radius 2 is 2.12 bits per heavy atom. The van der Waals surface area contributed by atoms with Crippen LogP contribution in [0.2, 0.25) is 0 Å². The van der Waals surface area contributed by atoms with Crippen LogP contribution in [0.15, 0.2) is 24.3 Å². The summed E-state index contributed by atoms with van der Waals surface area (Å²) < 4.78 is 1.81. The first kappa shape index (κ1) is 11.3. The molecular formula is C13H14N4. The molecule has 0 unspecified atom stereocenters. The topological polar surface area (TPSA) is 54.5 Å². The van der Waals surface area contributed by atoms with Crippen molar-refractivity contribution in [2.75, 3.05) is 0 Å². The van der Waals surface area contributed by atoms with Gasteiger partial charge in [0, 0.05) is 0 Å². The SMILES string of the molecule is CCc1c(C#N)nnn1Cc1ccccc1C. The molecule has 0 aliphatic heterocycles. The fourth-order valence-corrected chi connectivity index (χ4v) is 1.85. The number of aromatic nitrogens is 3. The fraction of sp³-hybridized carbons (Fsp3) is 0.308. The van der Waals surface area contributed by atoms with Crippen molar-refractivity contribution in [1.82, 2.24) is 15.0 Å². The third kappa shape index (κ3) is 2.18. The molecule has 17 heavy (non-hydrogen) atoms. The molecule has 0 fully saturated rings. The van der Waals surface area contributed by atoms with Crippen molar-refractivity contribution >= 4 is 0 Å². The van der Waals surface area contributed by atoms with Crippen LogP contribution < -0.4 is 0 Å². The van der Waals surface area contributed by atoms with Gasteiger partial charge in [-0.15, -0.1) is 5.10 Å². The molecule has 0 aliphatic rings. The number of hydrogen-bond donors (Lipinski definition) is 0. The molecule has 0 aliphatic carbocycles. The molecular weight excluding hydrogens is 212 g/mol. The first-order chi connectivity index (χ1) is 8.26. The first-order valence-electron chi connectivity index (χ1n) is 5.63. The van der Waals surface area contributed by atoms with Crippen LogP contribution in [0.3, 0.4) is 0 Å². The average molecular weight is 226 g/mol. The summed E-state index contributed by atoms with van der Waals surface area (Å²) in [5.41, 5.74) is 3.76. The van der Waals surface area contributed by atoms with Gasteiger partial charge in [-0.3, -0.25) is 0 Å². The number of rotatable bonds is 3. The first-order valence-corrected chi connectivity index (χ1v) is 5.63. The minimum Gasteiger partial charge on any atom is -0.244 e. The molecule has 2 rings (SSSR count). The molecule has 4 heteroatoms. The second-order valence-corrected chi connectivity index (χ2v) is 3.93. The van der Waals surface area contributed by atoms with Crippen LogP contribution in [0.25, 0.3) is 0 Å². The lowest BCUT2D eigenvalue weighted by Gasteiger charge is -2.07. The zero-order valence-corrected chi connectivity index (χ0v) is 10.0. The van der Waals surface area contributed by atoms with Gasteiger partial charge in [0.05, 0.1) is 12.2 Å². The van der Waals surface area contributed by atoms with Crippen LogP contribution >= 0.6 is 0 Å². The number of nitriles is 1. The highest BCUT2D eigenvalue weighted by atomic mass is 15.4. The highest BCUT2D eigenvalue weighted by Gasteiger charge is 2.11. The second-order valence-electron chi connectivity index (χ2n) is 3.93. The highest BCUT2D eigenvalue weighted by Crippen LogP contribution is 2.12. The Kier molecular flexibility index (Phi) is 3.20. The molecule has 0 saturated carbocycles. The lowest BCUT2D eigenvalue weighted by molar-refractivity contribution is 0.620. The van der Waals surface area contributed by atoms with Gasteiger partial charge in [0.2, 0.25) is 0 Å². The third-order valence-corrected chi connectivity index (χ3v) is 2.86. The number of benzene rings is 1. The Bertz CT molecular complexity index is 563. The summed E-state index contributed by atoms with van der Waals surface area (Å²) in [5, 5.41) is 16.8. The molecule has 1 aromatic heterocycles. The van der Waals surface area contributed by atoms with Gasteiger partial charge in [0.15, 0.2) is 5.69 Å². The van der Waals surface area contributed by atoms with E-state index in [2.05, 4.69) is 35.4 Å². The maximum absolute atomic E-state index is 8.92. The Balaban J connectivity index is 2.34. The number of hydrogen-bond acceptors (Lipinski definition) is 3. The molecule has 0 amide bonds. The number of nitrogens with zero attached hydrogens (tertiary/aromatic N) is 4. The van der Waals surface area contributed by atoms with E-state index in [0.29, 0.717) is 12.2 Å². The van der Waals surface area contributed by atoms with Crippen LogP contribution in [-0.2, 0) is 13.0 Å². The minimum absolute atomic E-state index is 0.432. The second kappa shape index (κ2) is 4.79. The van der Waals surface area contributed by atoms with Gasteiger partial charge in [-0.2, -0.15) is 5.26 Å². The molecule has 0 spiro atoms. The van der Waals surface area contributed by atoms with Crippen LogP contribution in [0.5, 0.6) is 0 Å². The third-order valence-electron chi connectivity index (χ3n) is 2.86. The summed E-state index contributed by atoms with van der Waals surface area (Å²) >= 11 is 0. The average Bonchev–Trinajstić information content (AvgIpc) is 2.74. The molecule has 1 heterocycles. The van der Waals surface area contributed by atoms with Crippen molar-refractivity contribution in [3.05, 3.63) is 46.8 Å². The summed E-state index contributed by atoms with van der Waals surface area (Å²) in [4.78, 5) is 0. The molecule has 86 valence electrons. The van der Waals surface area contributed by atoms with Crippen molar-refractivity contribution in [2.24, 2.45) is 0 Å². The quantitative estimate of drug-likeness (QED) is 0.805. The maximum atomic E-state index is 8.92. The van der Waals surface area contributed by atoms with E-state index in [1.165, 1.54) is 11.1 Å². The zero-order chi connectivity index (χ0) is 12.3. The normalized spacial score (nSPS) is 10.2. The van der Waals surface area contributed by atoms with Gasteiger partial charge in [-0.25, -0.2) is 4.68 Å². The Morgan fingerprint density at radius 3 is 2.76 bits per heavy atom. The molecule has 0 radical (unpaired) electrons. The summed E-state index contributed by atoms with van der Waals surface area (Å²) in [6.07, 6.45) is 0.766.